The van der Waals surface area contributed by atoms with Gasteiger partial charge in [-0.3, -0.25) is 14.4 Å². The third kappa shape index (κ3) is 1.94. The molecule has 1 aliphatic rings. The van der Waals surface area contributed by atoms with Gasteiger partial charge in [-0.05, 0) is 19.3 Å². The summed E-state index contributed by atoms with van der Waals surface area (Å²) in [6.45, 7) is 1.48. The van der Waals surface area contributed by atoms with Crippen molar-refractivity contribution in [1.29, 1.82) is 0 Å². The summed E-state index contributed by atoms with van der Waals surface area (Å²) in [4.78, 5) is 34.6. The van der Waals surface area contributed by atoms with Crippen LogP contribution in [0.3, 0.4) is 0 Å². The Morgan fingerprint density at radius 3 is 2.06 bits per heavy atom. The molecule has 0 spiro atoms. The molecule has 1 aliphatic carbocycles. The number of ether oxygens (including phenoxy) is 2. The van der Waals surface area contributed by atoms with E-state index in [1.165, 1.54) is 21.1 Å². The van der Waals surface area contributed by atoms with Crippen molar-refractivity contribution in [2.24, 2.45) is 11.3 Å². The fourth-order valence-corrected chi connectivity index (χ4v) is 2.15. The monoisotopic (exact) mass is 228 g/mol. The fraction of sp³-hybridized carbons (Fsp3) is 0.727. The van der Waals surface area contributed by atoms with Crippen molar-refractivity contribution in [2.45, 2.75) is 26.2 Å². The summed E-state index contributed by atoms with van der Waals surface area (Å²) in [5.74, 6) is -1.53. The molecule has 0 unspecified atom stereocenters. The molecule has 0 amide bonds. The number of esters is 2. The number of ketones is 1. The number of rotatable bonds is 3. The molecule has 16 heavy (non-hydrogen) atoms. The van der Waals surface area contributed by atoms with Crippen LogP contribution < -0.4 is 0 Å². The second-order valence-electron chi connectivity index (χ2n) is 4.16. The quantitative estimate of drug-likeness (QED) is 0.525. The van der Waals surface area contributed by atoms with Crippen LogP contribution in [-0.2, 0) is 23.9 Å². The van der Waals surface area contributed by atoms with E-state index in [4.69, 9.17) is 0 Å². The Morgan fingerprint density at radius 1 is 1.25 bits per heavy atom. The Labute approximate surface area is 94.1 Å². The average Bonchev–Trinajstić information content (AvgIpc) is 2.72. The molecule has 1 rings (SSSR count). The van der Waals surface area contributed by atoms with Gasteiger partial charge in [0.2, 0.25) is 0 Å². The molecule has 5 heteroatoms. The van der Waals surface area contributed by atoms with E-state index in [2.05, 4.69) is 9.47 Å². The summed E-state index contributed by atoms with van der Waals surface area (Å²) in [7, 11) is 2.45. The molecule has 0 aromatic heterocycles. The van der Waals surface area contributed by atoms with Crippen molar-refractivity contribution in [3.63, 3.8) is 0 Å². The Hall–Kier alpha value is -1.39. The number of Topliss-reactive ketones (excluding diaryl/α,β-unsaturated/α-hetero) is 1. The minimum absolute atomic E-state index is 0.0732. The zero-order valence-corrected chi connectivity index (χ0v) is 9.74. The summed E-state index contributed by atoms with van der Waals surface area (Å²) < 4.78 is 9.27. The fourth-order valence-electron chi connectivity index (χ4n) is 2.15. The number of carbonyl (C=O) groups excluding carboxylic acids is 3. The second kappa shape index (κ2) is 4.63. The smallest absolute Gasteiger partial charge is 0.323 e. The van der Waals surface area contributed by atoms with Crippen LogP contribution in [-0.4, -0.2) is 31.9 Å². The SMILES string of the molecule is COC(=O)C(C)(C(=O)OC)[C@@H]1CCC(=O)C1. The van der Waals surface area contributed by atoms with Gasteiger partial charge in [0.1, 0.15) is 5.78 Å². The van der Waals surface area contributed by atoms with Gasteiger partial charge in [0.05, 0.1) is 14.2 Å². The van der Waals surface area contributed by atoms with Crippen LogP contribution in [0.4, 0.5) is 0 Å². The molecule has 90 valence electrons. The molecular weight excluding hydrogens is 212 g/mol. The Kier molecular flexibility index (Phi) is 3.67. The van der Waals surface area contributed by atoms with Gasteiger partial charge in [-0.1, -0.05) is 0 Å². The summed E-state index contributed by atoms with van der Waals surface area (Å²) in [6.07, 6.45) is 1.18. The standard InChI is InChI=1S/C11H16O5/c1-11(9(13)15-2,10(14)16-3)7-4-5-8(12)6-7/h7H,4-6H2,1-3H3/t7-/m1/s1. The van der Waals surface area contributed by atoms with Gasteiger partial charge in [-0.15, -0.1) is 0 Å². The Balaban J connectivity index is 2.99. The first-order valence-corrected chi connectivity index (χ1v) is 5.15. The highest BCUT2D eigenvalue weighted by Gasteiger charge is 2.52. The van der Waals surface area contributed by atoms with E-state index in [1.807, 2.05) is 0 Å². The number of hydrogen-bond donors (Lipinski definition) is 0. The van der Waals surface area contributed by atoms with Crippen molar-refractivity contribution >= 4 is 17.7 Å². The van der Waals surface area contributed by atoms with Gasteiger partial charge in [0, 0.05) is 12.8 Å². The van der Waals surface area contributed by atoms with Crippen LogP contribution in [0, 0.1) is 11.3 Å². The third-order valence-corrected chi connectivity index (χ3v) is 3.28. The van der Waals surface area contributed by atoms with Crippen LogP contribution in [0.5, 0.6) is 0 Å². The minimum Gasteiger partial charge on any atom is -0.468 e. The van der Waals surface area contributed by atoms with Crippen LogP contribution in [0.15, 0.2) is 0 Å². The molecular formula is C11H16O5. The van der Waals surface area contributed by atoms with Crippen LogP contribution in [0.1, 0.15) is 26.2 Å². The third-order valence-electron chi connectivity index (χ3n) is 3.28. The predicted molar refractivity (Wildman–Crippen MR) is 54.5 cm³/mol. The number of hydrogen-bond acceptors (Lipinski definition) is 5. The highest BCUT2D eigenvalue weighted by atomic mass is 16.5. The van der Waals surface area contributed by atoms with E-state index < -0.39 is 17.4 Å². The van der Waals surface area contributed by atoms with E-state index in [0.29, 0.717) is 12.8 Å². The molecule has 0 heterocycles. The average molecular weight is 228 g/mol. The molecule has 5 nitrogen and oxygen atoms in total. The lowest BCUT2D eigenvalue weighted by Gasteiger charge is -2.29. The zero-order chi connectivity index (χ0) is 12.3. The van der Waals surface area contributed by atoms with Crippen LogP contribution >= 0.6 is 0 Å². The first-order valence-electron chi connectivity index (χ1n) is 5.15. The molecule has 1 saturated carbocycles. The maximum absolute atomic E-state index is 11.7. The molecule has 0 aliphatic heterocycles. The zero-order valence-electron chi connectivity index (χ0n) is 9.74. The van der Waals surface area contributed by atoms with Gasteiger partial charge < -0.3 is 9.47 Å². The van der Waals surface area contributed by atoms with Gasteiger partial charge in [-0.2, -0.15) is 0 Å². The molecule has 1 fully saturated rings. The van der Waals surface area contributed by atoms with E-state index in [0.717, 1.165) is 0 Å². The molecule has 0 radical (unpaired) electrons. The molecule has 0 N–H and O–H groups in total. The van der Waals surface area contributed by atoms with Gasteiger partial charge in [-0.25, -0.2) is 0 Å². The van der Waals surface area contributed by atoms with Crippen molar-refractivity contribution in [1.82, 2.24) is 0 Å². The maximum Gasteiger partial charge on any atom is 0.323 e. The van der Waals surface area contributed by atoms with Crippen molar-refractivity contribution < 1.29 is 23.9 Å². The van der Waals surface area contributed by atoms with Crippen LogP contribution in [0.25, 0.3) is 0 Å². The lowest BCUT2D eigenvalue weighted by Crippen LogP contribution is -2.44. The summed E-state index contributed by atoms with van der Waals surface area (Å²) in [5.41, 5.74) is -1.37. The number of carbonyl (C=O) groups is 3. The van der Waals surface area contributed by atoms with Crippen molar-refractivity contribution in [3.05, 3.63) is 0 Å². The topological polar surface area (TPSA) is 69.7 Å². The molecule has 0 aromatic carbocycles. The van der Waals surface area contributed by atoms with Gasteiger partial charge in [0.25, 0.3) is 0 Å². The summed E-state index contributed by atoms with van der Waals surface area (Å²) in [5, 5.41) is 0. The largest absolute Gasteiger partial charge is 0.468 e. The van der Waals surface area contributed by atoms with Crippen LogP contribution in [0.2, 0.25) is 0 Å². The number of methoxy groups -OCH3 is 2. The lowest BCUT2D eigenvalue weighted by molar-refractivity contribution is -0.172. The second-order valence-corrected chi connectivity index (χ2v) is 4.16. The minimum atomic E-state index is -1.37. The highest BCUT2D eigenvalue weighted by Crippen LogP contribution is 2.40. The van der Waals surface area contributed by atoms with E-state index >= 15 is 0 Å². The normalized spacial score (nSPS) is 20.7. The molecule has 0 aromatic rings. The van der Waals surface area contributed by atoms with E-state index in [-0.39, 0.29) is 18.1 Å². The molecule has 1 atom stereocenters. The Morgan fingerprint density at radius 2 is 1.75 bits per heavy atom. The van der Waals surface area contributed by atoms with Gasteiger partial charge >= 0.3 is 11.9 Å². The van der Waals surface area contributed by atoms with E-state index in [1.54, 1.807) is 0 Å². The molecule has 0 saturated heterocycles. The van der Waals surface area contributed by atoms with E-state index in [9.17, 15) is 14.4 Å². The molecule has 0 bridgehead atoms. The van der Waals surface area contributed by atoms with Gasteiger partial charge in [0.15, 0.2) is 5.41 Å². The van der Waals surface area contributed by atoms with Crippen molar-refractivity contribution in [3.8, 4) is 0 Å². The first-order chi connectivity index (χ1) is 7.46. The first kappa shape index (κ1) is 12.7. The maximum atomic E-state index is 11.7. The van der Waals surface area contributed by atoms with Crippen molar-refractivity contribution in [2.75, 3.05) is 14.2 Å². The Bertz CT molecular complexity index is 304. The lowest BCUT2D eigenvalue weighted by atomic mass is 9.76. The summed E-state index contributed by atoms with van der Waals surface area (Å²) >= 11 is 0. The summed E-state index contributed by atoms with van der Waals surface area (Å²) in [6, 6.07) is 0. The predicted octanol–water partition coefficient (Wildman–Crippen LogP) is 0.708. The highest BCUT2D eigenvalue weighted by molar-refractivity contribution is 6.01.